The van der Waals surface area contributed by atoms with E-state index in [1.165, 1.54) is 11.8 Å². The molecule has 9 heteroatoms. The second-order valence-corrected chi connectivity index (χ2v) is 10.0. The summed E-state index contributed by atoms with van der Waals surface area (Å²) in [6, 6.07) is 9.28. The Labute approximate surface area is 219 Å². The number of para-hydroxylation sites is 1. The predicted molar refractivity (Wildman–Crippen MR) is 143 cm³/mol. The normalized spacial score (nSPS) is 13.6. The van der Waals surface area contributed by atoms with Crippen LogP contribution < -0.4 is 15.4 Å². The van der Waals surface area contributed by atoms with E-state index in [-0.39, 0.29) is 11.3 Å². The summed E-state index contributed by atoms with van der Waals surface area (Å²) >= 11 is 0. The molecule has 37 heavy (non-hydrogen) atoms. The lowest BCUT2D eigenvalue weighted by Crippen LogP contribution is -2.53. The zero-order valence-electron chi connectivity index (χ0n) is 22.9. The highest BCUT2D eigenvalue weighted by molar-refractivity contribution is 5.99. The maximum absolute atomic E-state index is 13.8. The molecule has 0 radical (unpaired) electrons. The monoisotopic (exact) mass is 513 g/mol. The fourth-order valence-electron chi connectivity index (χ4n) is 3.77. The van der Waals surface area contributed by atoms with Gasteiger partial charge in [-0.05, 0) is 77.8 Å². The summed E-state index contributed by atoms with van der Waals surface area (Å²) in [4.78, 5) is 41.3. The number of rotatable bonds is 9. The summed E-state index contributed by atoms with van der Waals surface area (Å²) in [5, 5.41) is 16.3. The number of hydrogen-bond acceptors (Lipinski definition) is 6. The number of phenolic OH excluding ortho intramolecular Hbond substituents is 1. The number of ether oxygens (including phenoxy) is 2. The van der Waals surface area contributed by atoms with Crippen LogP contribution in [0.15, 0.2) is 42.5 Å². The Balaban J connectivity index is 2.50. The van der Waals surface area contributed by atoms with Crippen molar-refractivity contribution in [3.05, 3.63) is 53.6 Å². The third-order valence-electron chi connectivity index (χ3n) is 5.87. The van der Waals surface area contributed by atoms with Crippen molar-refractivity contribution in [2.24, 2.45) is 0 Å². The molecular weight excluding hydrogens is 474 g/mol. The summed E-state index contributed by atoms with van der Waals surface area (Å²) in [7, 11) is 1.55. The van der Waals surface area contributed by atoms with Crippen LogP contribution in [-0.4, -0.2) is 52.7 Å². The van der Waals surface area contributed by atoms with Crippen molar-refractivity contribution < 1.29 is 29.0 Å². The number of methoxy groups -OCH3 is 1. The maximum Gasteiger partial charge on any atom is 0.408 e. The number of phenols is 1. The van der Waals surface area contributed by atoms with Gasteiger partial charge in [0, 0.05) is 17.3 Å². The first-order valence-corrected chi connectivity index (χ1v) is 12.3. The van der Waals surface area contributed by atoms with Gasteiger partial charge in [0.1, 0.15) is 29.2 Å². The first kappa shape index (κ1) is 29.5. The van der Waals surface area contributed by atoms with Crippen molar-refractivity contribution in [2.45, 2.75) is 78.6 Å². The topological polar surface area (TPSA) is 117 Å². The van der Waals surface area contributed by atoms with E-state index in [4.69, 9.17) is 9.47 Å². The van der Waals surface area contributed by atoms with Crippen molar-refractivity contribution in [3.8, 4) is 11.5 Å². The van der Waals surface area contributed by atoms with Crippen molar-refractivity contribution in [1.29, 1.82) is 0 Å². The van der Waals surface area contributed by atoms with Gasteiger partial charge < -0.3 is 30.1 Å². The Morgan fingerprint density at radius 1 is 1.05 bits per heavy atom. The number of anilines is 1. The number of nitrogens with one attached hydrogen (secondary N) is 2. The highest BCUT2D eigenvalue weighted by atomic mass is 16.6. The summed E-state index contributed by atoms with van der Waals surface area (Å²) in [6.07, 6.45) is -0.209. The number of aryl methyl sites for hydroxylation is 1. The molecule has 0 saturated heterocycles. The van der Waals surface area contributed by atoms with Crippen LogP contribution in [-0.2, 0) is 14.3 Å². The molecule has 0 aromatic heterocycles. The van der Waals surface area contributed by atoms with Gasteiger partial charge in [-0.3, -0.25) is 9.59 Å². The standard InChI is InChI=1S/C28H39N3O6/c1-9-18(3)31(26(34)19(4)29-27(35)37-28(5,6)7)23(22-12-10-11-17(2)24(22)32)25(33)30-20-13-15-21(36-8)16-14-20/h10-16,18-19,23,32H,9H2,1-8H3,(H,29,35)(H,30,33). The van der Waals surface area contributed by atoms with Crippen molar-refractivity contribution in [1.82, 2.24) is 10.2 Å². The van der Waals surface area contributed by atoms with Crippen molar-refractivity contribution in [3.63, 3.8) is 0 Å². The van der Waals surface area contributed by atoms with Gasteiger partial charge in [-0.25, -0.2) is 4.79 Å². The van der Waals surface area contributed by atoms with Gasteiger partial charge in [-0.2, -0.15) is 0 Å². The second kappa shape index (κ2) is 12.5. The molecule has 0 fully saturated rings. The van der Waals surface area contributed by atoms with Crippen LogP contribution in [0, 0.1) is 6.92 Å². The summed E-state index contributed by atoms with van der Waals surface area (Å²) in [5.41, 5.74) is 0.608. The van der Waals surface area contributed by atoms with E-state index in [9.17, 15) is 19.5 Å². The third kappa shape index (κ3) is 7.87. The van der Waals surface area contributed by atoms with Gasteiger partial charge in [0.05, 0.1) is 7.11 Å². The lowest BCUT2D eigenvalue weighted by Gasteiger charge is -2.38. The molecule has 9 nitrogen and oxygen atoms in total. The molecule has 3 atom stereocenters. The van der Waals surface area contributed by atoms with Gasteiger partial charge in [-0.1, -0.05) is 25.1 Å². The zero-order chi connectivity index (χ0) is 27.9. The first-order chi connectivity index (χ1) is 17.3. The van der Waals surface area contributed by atoms with Crippen LogP contribution in [0.5, 0.6) is 11.5 Å². The van der Waals surface area contributed by atoms with Crippen LogP contribution in [0.1, 0.15) is 65.1 Å². The molecule has 0 spiro atoms. The SMILES string of the molecule is CCC(C)N(C(=O)C(C)NC(=O)OC(C)(C)C)C(C(=O)Nc1ccc(OC)cc1)c1cccc(C)c1O. The van der Waals surface area contributed by atoms with Crippen LogP contribution in [0.4, 0.5) is 10.5 Å². The van der Waals surface area contributed by atoms with Crippen LogP contribution >= 0.6 is 0 Å². The van der Waals surface area contributed by atoms with Gasteiger partial charge in [0.2, 0.25) is 5.91 Å². The Hall–Kier alpha value is -3.75. The molecule has 0 heterocycles. The molecule has 3 amide bonds. The lowest BCUT2D eigenvalue weighted by atomic mass is 9.97. The highest BCUT2D eigenvalue weighted by Crippen LogP contribution is 2.34. The molecule has 202 valence electrons. The molecule has 0 bridgehead atoms. The molecule has 2 aromatic rings. The summed E-state index contributed by atoms with van der Waals surface area (Å²) in [6.45, 7) is 12.2. The number of alkyl carbamates (subject to hydrolysis) is 1. The average molecular weight is 514 g/mol. The summed E-state index contributed by atoms with van der Waals surface area (Å²) < 4.78 is 10.5. The van der Waals surface area contributed by atoms with Crippen LogP contribution in [0.25, 0.3) is 0 Å². The number of carbonyl (C=O) groups is 3. The van der Waals surface area contributed by atoms with E-state index in [2.05, 4.69) is 10.6 Å². The predicted octanol–water partition coefficient (Wildman–Crippen LogP) is 4.93. The Morgan fingerprint density at radius 2 is 1.68 bits per heavy atom. The Morgan fingerprint density at radius 3 is 2.22 bits per heavy atom. The van der Waals surface area contributed by atoms with E-state index in [0.717, 1.165) is 0 Å². The number of amides is 3. The minimum Gasteiger partial charge on any atom is -0.507 e. The van der Waals surface area contributed by atoms with Crippen molar-refractivity contribution >= 4 is 23.6 Å². The molecule has 0 aliphatic carbocycles. The van der Waals surface area contributed by atoms with Crippen LogP contribution in [0.2, 0.25) is 0 Å². The first-order valence-electron chi connectivity index (χ1n) is 12.3. The van der Waals surface area contributed by atoms with E-state index >= 15 is 0 Å². The maximum atomic E-state index is 13.8. The van der Waals surface area contributed by atoms with E-state index in [1.54, 1.807) is 77.3 Å². The van der Waals surface area contributed by atoms with Gasteiger partial charge >= 0.3 is 6.09 Å². The lowest BCUT2D eigenvalue weighted by molar-refractivity contribution is -0.143. The summed E-state index contributed by atoms with van der Waals surface area (Å²) in [5.74, 6) is -0.448. The zero-order valence-corrected chi connectivity index (χ0v) is 22.9. The van der Waals surface area contributed by atoms with E-state index in [0.29, 0.717) is 23.4 Å². The number of hydrogen-bond donors (Lipinski definition) is 3. The number of aromatic hydroxyl groups is 1. The van der Waals surface area contributed by atoms with E-state index in [1.807, 2.05) is 13.8 Å². The molecule has 2 rings (SSSR count). The smallest absolute Gasteiger partial charge is 0.408 e. The molecule has 0 saturated carbocycles. The second-order valence-electron chi connectivity index (χ2n) is 10.0. The Kier molecular flexibility index (Phi) is 9.94. The fourth-order valence-corrected chi connectivity index (χ4v) is 3.77. The quantitative estimate of drug-likeness (QED) is 0.438. The minimum absolute atomic E-state index is 0.0776. The Bertz CT molecular complexity index is 1090. The highest BCUT2D eigenvalue weighted by Gasteiger charge is 2.38. The van der Waals surface area contributed by atoms with Gasteiger partial charge in [0.25, 0.3) is 5.91 Å². The molecule has 2 aromatic carbocycles. The average Bonchev–Trinajstić information content (AvgIpc) is 2.82. The van der Waals surface area contributed by atoms with Gasteiger partial charge in [0.15, 0.2) is 0 Å². The number of carbonyl (C=O) groups excluding carboxylic acids is 3. The molecule has 0 aliphatic heterocycles. The molecular formula is C28H39N3O6. The number of nitrogens with zero attached hydrogens (tertiary/aromatic N) is 1. The van der Waals surface area contributed by atoms with E-state index < -0.39 is 41.6 Å². The van der Waals surface area contributed by atoms with Crippen molar-refractivity contribution in [2.75, 3.05) is 12.4 Å². The third-order valence-corrected chi connectivity index (χ3v) is 5.87. The molecule has 3 unspecified atom stereocenters. The van der Waals surface area contributed by atoms with Crippen LogP contribution in [0.3, 0.4) is 0 Å². The number of benzene rings is 2. The molecule has 3 N–H and O–H groups in total. The largest absolute Gasteiger partial charge is 0.507 e. The van der Waals surface area contributed by atoms with Gasteiger partial charge in [-0.15, -0.1) is 0 Å². The minimum atomic E-state index is -1.17. The fraction of sp³-hybridized carbons (Fsp3) is 0.464. The molecule has 0 aliphatic rings.